The van der Waals surface area contributed by atoms with Crippen LogP contribution in [0.1, 0.15) is 23.7 Å². The van der Waals surface area contributed by atoms with E-state index >= 15 is 0 Å². The summed E-state index contributed by atoms with van der Waals surface area (Å²) in [6.07, 6.45) is -1.40. The van der Waals surface area contributed by atoms with Gasteiger partial charge in [-0.15, -0.1) is 0 Å². The zero-order chi connectivity index (χ0) is 13.5. The van der Waals surface area contributed by atoms with Crippen LogP contribution in [0.25, 0.3) is 0 Å². The minimum absolute atomic E-state index is 0.308. The summed E-state index contributed by atoms with van der Waals surface area (Å²) in [5.41, 5.74) is 0.737. The predicted molar refractivity (Wildman–Crippen MR) is 66.4 cm³/mol. The average molecular weight is 241 g/mol. The van der Waals surface area contributed by atoms with E-state index in [4.69, 9.17) is 6.11 Å². The van der Waals surface area contributed by atoms with Crippen molar-refractivity contribution in [3.8, 4) is 5.75 Å². The molecule has 3 heteroatoms. The van der Waals surface area contributed by atoms with E-state index in [1.807, 2.05) is 0 Å². The fraction of sp³-hybridized carbons (Fsp3) is 0.133. The molecular formula is C15H12O3. The summed E-state index contributed by atoms with van der Waals surface area (Å²) in [5.74, 6) is -2.07. The minimum Gasteiger partial charge on any atom is -0.457 e. The first-order chi connectivity index (χ1) is 9.13. The predicted octanol–water partition coefficient (Wildman–Crippen LogP) is 2.50. The number of ether oxygens (including phenoxy) is 1. The summed E-state index contributed by atoms with van der Waals surface area (Å²) in [4.78, 5) is 12.2. The third-order valence-corrected chi connectivity index (χ3v) is 2.93. The number of fused-ring (bicyclic) bond motifs is 1. The first kappa shape index (κ1) is 9.85. The summed E-state index contributed by atoms with van der Waals surface area (Å²) in [7, 11) is 0. The topological polar surface area (TPSA) is 46.5 Å². The largest absolute Gasteiger partial charge is 0.457 e. The minimum atomic E-state index is -1.94. The van der Waals surface area contributed by atoms with E-state index in [0.717, 1.165) is 0 Å². The third-order valence-electron chi connectivity index (χ3n) is 2.93. The highest BCUT2D eigenvalue weighted by molar-refractivity contribution is 6.00. The zero-order valence-corrected chi connectivity index (χ0v) is 9.54. The molecule has 3 rings (SSSR count). The SMILES string of the molecule is [2H]C1C(=O)c2ccccc2OC1(O)c1ccccc1. The van der Waals surface area contributed by atoms with Gasteiger partial charge in [-0.25, -0.2) is 0 Å². The number of carbonyl (C=O) groups is 1. The Morgan fingerprint density at radius 2 is 1.78 bits per heavy atom. The monoisotopic (exact) mass is 241 g/mol. The van der Waals surface area contributed by atoms with Gasteiger partial charge < -0.3 is 9.84 Å². The molecule has 1 aliphatic rings. The molecule has 1 N–H and O–H groups in total. The van der Waals surface area contributed by atoms with E-state index in [1.54, 1.807) is 54.6 Å². The second kappa shape index (κ2) is 3.96. The van der Waals surface area contributed by atoms with E-state index in [2.05, 4.69) is 0 Å². The summed E-state index contributed by atoms with van der Waals surface area (Å²) < 4.78 is 13.5. The number of hydrogen-bond donors (Lipinski definition) is 1. The molecule has 0 bridgehead atoms. The van der Waals surface area contributed by atoms with E-state index in [-0.39, 0.29) is 0 Å². The van der Waals surface area contributed by atoms with Gasteiger partial charge in [0.25, 0.3) is 0 Å². The lowest BCUT2D eigenvalue weighted by Crippen LogP contribution is -2.39. The molecule has 0 saturated carbocycles. The Morgan fingerprint density at radius 1 is 1.11 bits per heavy atom. The molecule has 0 aromatic heterocycles. The number of ketones is 1. The van der Waals surface area contributed by atoms with Crippen LogP contribution < -0.4 is 4.74 Å². The van der Waals surface area contributed by atoms with Gasteiger partial charge in [0.05, 0.1) is 12.0 Å². The van der Waals surface area contributed by atoms with Gasteiger partial charge in [-0.1, -0.05) is 42.5 Å². The Kier molecular flexibility index (Phi) is 2.17. The van der Waals surface area contributed by atoms with Crippen LogP contribution in [0.3, 0.4) is 0 Å². The Morgan fingerprint density at radius 3 is 2.56 bits per heavy atom. The van der Waals surface area contributed by atoms with Crippen molar-refractivity contribution in [2.75, 3.05) is 0 Å². The Hall–Kier alpha value is -2.13. The van der Waals surface area contributed by atoms with Crippen LogP contribution in [0.15, 0.2) is 54.6 Å². The smallest absolute Gasteiger partial charge is 0.242 e. The van der Waals surface area contributed by atoms with E-state index in [9.17, 15) is 9.90 Å². The molecule has 0 spiro atoms. The van der Waals surface area contributed by atoms with Crippen LogP contribution in [0.4, 0.5) is 0 Å². The molecule has 0 saturated heterocycles. The molecule has 0 amide bonds. The molecule has 3 nitrogen and oxygen atoms in total. The molecule has 2 aromatic carbocycles. The Labute approximate surface area is 106 Å². The van der Waals surface area contributed by atoms with Crippen molar-refractivity contribution in [1.82, 2.24) is 0 Å². The molecule has 0 radical (unpaired) electrons. The average Bonchev–Trinajstić information content (AvgIpc) is 2.46. The van der Waals surface area contributed by atoms with Crippen molar-refractivity contribution in [1.29, 1.82) is 0 Å². The number of rotatable bonds is 1. The van der Waals surface area contributed by atoms with Crippen LogP contribution >= 0.6 is 0 Å². The van der Waals surface area contributed by atoms with Crippen LogP contribution in [0.2, 0.25) is 0 Å². The Balaban J connectivity index is 2.13. The second-order valence-corrected chi connectivity index (χ2v) is 4.17. The van der Waals surface area contributed by atoms with Gasteiger partial charge in [0.1, 0.15) is 5.75 Å². The fourth-order valence-electron chi connectivity index (χ4n) is 2.03. The van der Waals surface area contributed by atoms with Gasteiger partial charge in [-0.3, -0.25) is 4.79 Å². The number of carbonyl (C=O) groups excluding carboxylic acids is 1. The number of hydrogen-bond acceptors (Lipinski definition) is 3. The van der Waals surface area contributed by atoms with Gasteiger partial charge in [-0.2, -0.15) is 0 Å². The first-order valence-electron chi connectivity index (χ1n) is 6.23. The quantitative estimate of drug-likeness (QED) is 0.834. The van der Waals surface area contributed by atoms with E-state index in [0.29, 0.717) is 16.9 Å². The van der Waals surface area contributed by atoms with Crippen molar-refractivity contribution in [3.05, 3.63) is 65.7 Å². The van der Waals surface area contributed by atoms with Gasteiger partial charge in [0, 0.05) is 6.93 Å². The third kappa shape index (κ3) is 1.69. The Bertz CT molecular complexity index is 626. The van der Waals surface area contributed by atoms with Gasteiger partial charge in [-0.05, 0) is 12.1 Å². The number of Topliss-reactive ketones (excluding diaryl/α,β-unsaturated/α-hetero) is 1. The molecular weight excluding hydrogens is 228 g/mol. The van der Waals surface area contributed by atoms with Gasteiger partial charge in [0.2, 0.25) is 5.79 Å². The fourth-order valence-corrected chi connectivity index (χ4v) is 2.03. The molecule has 0 fully saturated rings. The number of para-hydroxylation sites is 1. The highest BCUT2D eigenvalue weighted by Gasteiger charge is 2.40. The highest BCUT2D eigenvalue weighted by Crippen LogP contribution is 2.37. The van der Waals surface area contributed by atoms with Crippen LogP contribution in [-0.2, 0) is 5.79 Å². The molecule has 1 heterocycles. The van der Waals surface area contributed by atoms with Gasteiger partial charge in [0.15, 0.2) is 5.78 Å². The van der Waals surface area contributed by atoms with Crippen molar-refractivity contribution < 1.29 is 16.0 Å². The summed E-state index contributed by atoms with van der Waals surface area (Å²) in [6.45, 7) is 0. The molecule has 90 valence electrons. The maximum absolute atomic E-state index is 12.2. The van der Waals surface area contributed by atoms with Crippen LogP contribution in [-0.4, -0.2) is 10.9 Å². The molecule has 1 aliphatic heterocycles. The number of benzene rings is 2. The summed E-state index contributed by atoms with van der Waals surface area (Å²) in [5, 5.41) is 10.6. The molecule has 18 heavy (non-hydrogen) atoms. The first-order valence-corrected chi connectivity index (χ1v) is 5.65. The standard InChI is InChI=1S/C15H12O3/c16-13-10-15(17,11-6-2-1-3-7-11)18-14-9-5-4-8-12(13)14/h1-9,17H,10H2/i10D. The summed E-state index contributed by atoms with van der Waals surface area (Å²) in [6, 6.07) is 15.2. The van der Waals surface area contributed by atoms with Crippen LogP contribution in [0.5, 0.6) is 5.75 Å². The second-order valence-electron chi connectivity index (χ2n) is 4.17. The van der Waals surface area contributed by atoms with E-state index < -0.39 is 18.0 Å². The zero-order valence-electron chi connectivity index (χ0n) is 10.5. The molecule has 0 aliphatic carbocycles. The molecule has 2 unspecified atom stereocenters. The van der Waals surface area contributed by atoms with Crippen molar-refractivity contribution in [3.63, 3.8) is 0 Å². The maximum Gasteiger partial charge on any atom is 0.242 e. The number of aliphatic hydroxyl groups is 1. The van der Waals surface area contributed by atoms with Crippen LogP contribution in [0, 0.1) is 0 Å². The lowest BCUT2D eigenvalue weighted by atomic mass is 9.93. The highest BCUT2D eigenvalue weighted by atomic mass is 16.6. The van der Waals surface area contributed by atoms with Crippen molar-refractivity contribution >= 4 is 5.78 Å². The molecule has 2 aromatic rings. The molecule has 2 atom stereocenters. The van der Waals surface area contributed by atoms with E-state index in [1.165, 1.54) is 0 Å². The maximum atomic E-state index is 12.2. The van der Waals surface area contributed by atoms with Gasteiger partial charge >= 0.3 is 0 Å². The lowest BCUT2D eigenvalue weighted by molar-refractivity contribution is -0.147. The normalized spacial score (nSPS) is 27.1. The van der Waals surface area contributed by atoms with Crippen molar-refractivity contribution in [2.24, 2.45) is 0 Å². The lowest BCUT2D eigenvalue weighted by Gasteiger charge is -2.33. The van der Waals surface area contributed by atoms with Crippen molar-refractivity contribution in [2.45, 2.75) is 12.2 Å². The summed E-state index contributed by atoms with van der Waals surface area (Å²) >= 11 is 0.